The van der Waals surface area contributed by atoms with E-state index in [9.17, 15) is 0 Å². The van der Waals surface area contributed by atoms with Crippen LogP contribution in [0, 0.1) is 0 Å². The minimum absolute atomic E-state index is 0.178. The first kappa shape index (κ1) is 19.2. The van der Waals surface area contributed by atoms with Crippen molar-refractivity contribution < 1.29 is 0 Å². The molecule has 0 radical (unpaired) electrons. The average Bonchev–Trinajstić information content (AvgIpc) is 3.38. The highest BCUT2D eigenvalue weighted by atomic mass is 32.2. The lowest BCUT2D eigenvalue weighted by Crippen LogP contribution is -2.30. The minimum Gasteiger partial charge on any atom is -0.142 e. The zero-order valence-electron chi connectivity index (χ0n) is 15.8. The standard InChI is InChI=1S/C22H26S5/c1-2-3-4-5-6-7-8-9-10-16-15-21-12-14-24-22(21,26-16)20-19(27-21)18-17(25-20)11-13-23-18/h11-15H,2-10H2,1H3. The number of unbranched alkanes of at least 4 members (excludes halogenated alkanes) is 7. The molecular formula is C22H26S5. The molecule has 0 spiro atoms. The van der Waals surface area contributed by atoms with Crippen LogP contribution in [0.1, 0.15) is 69.6 Å². The molecule has 27 heavy (non-hydrogen) atoms. The van der Waals surface area contributed by atoms with Gasteiger partial charge in [-0.25, -0.2) is 0 Å². The summed E-state index contributed by atoms with van der Waals surface area (Å²) in [5.41, 5.74) is 0. The molecule has 2 unspecified atom stereocenters. The van der Waals surface area contributed by atoms with Crippen LogP contribution in [0.4, 0.5) is 0 Å². The van der Waals surface area contributed by atoms with Crippen LogP contribution in [0.15, 0.2) is 38.8 Å². The third-order valence-electron chi connectivity index (χ3n) is 5.81. The van der Waals surface area contributed by atoms with Gasteiger partial charge in [-0.05, 0) is 34.6 Å². The second kappa shape index (κ2) is 7.79. The van der Waals surface area contributed by atoms with Gasteiger partial charge < -0.3 is 0 Å². The Morgan fingerprint density at radius 1 is 0.963 bits per heavy atom. The summed E-state index contributed by atoms with van der Waals surface area (Å²) in [5.74, 6) is 0. The van der Waals surface area contributed by atoms with Crippen LogP contribution >= 0.6 is 58.0 Å². The summed E-state index contributed by atoms with van der Waals surface area (Å²) < 4.78 is 3.40. The van der Waals surface area contributed by atoms with Crippen molar-refractivity contribution >= 4 is 67.4 Å². The van der Waals surface area contributed by atoms with Crippen LogP contribution in [0.2, 0.25) is 0 Å². The predicted octanol–water partition coefficient (Wildman–Crippen LogP) is 9.38. The molecule has 0 amide bonds. The molecule has 5 heteroatoms. The number of thiophene rings is 2. The van der Waals surface area contributed by atoms with E-state index in [-0.39, 0.29) is 8.83 Å². The first-order valence-corrected chi connectivity index (χ1v) is 14.4. The van der Waals surface area contributed by atoms with Crippen molar-refractivity contribution in [2.75, 3.05) is 0 Å². The summed E-state index contributed by atoms with van der Waals surface area (Å²) in [4.78, 5) is 4.86. The molecule has 2 atom stereocenters. The van der Waals surface area contributed by atoms with Gasteiger partial charge in [0.05, 0.1) is 9.45 Å². The first-order valence-electron chi connectivity index (χ1n) is 10.2. The van der Waals surface area contributed by atoms with E-state index in [1.165, 1.54) is 67.2 Å². The molecular weight excluding hydrogens is 425 g/mol. The van der Waals surface area contributed by atoms with Gasteiger partial charge in [-0.3, -0.25) is 0 Å². The maximum atomic E-state index is 2.63. The van der Waals surface area contributed by atoms with E-state index in [2.05, 4.69) is 71.2 Å². The fraction of sp³-hybridized carbons (Fsp3) is 0.545. The monoisotopic (exact) mass is 450 g/mol. The van der Waals surface area contributed by atoms with Gasteiger partial charge in [-0.1, -0.05) is 64.0 Å². The van der Waals surface area contributed by atoms with Crippen LogP contribution in [0.25, 0.3) is 9.40 Å². The fourth-order valence-corrected chi connectivity index (χ4v) is 12.9. The van der Waals surface area contributed by atoms with E-state index in [4.69, 9.17) is 0 Å². The average molecular weight is 451 g/mol. The summed E-state index contributed by atoms with van der Waals surface area (Å²) >= 11 is 10.4. The van der Waals surface area contributed by atoms with Gasteiger partial charge in [-0.15, -0.1) is 58.0 Å². The molecule has 3 aliphatic rings. The van der Waals surface area contributed by atoms with Gasteiger partial charge >= 0.3 is 0 Å². The zero-order chi connectivity index (χ0) is 18.3. The summed E-state index contributed by atoms with van der Waals surface area (Å²) in [6, 6.07) is 2.31. The topological polar surface area (TPSA) is 0 Å². The molecule has 0 N–H and O–H groups in total. The summed E-state index contributed by atoms with van der Waals surface area (Å²) in [5, 5.41) is 4.61. The Labute approximate surface area is 183 Å². The molecule has 0 bridgehead atoms. The molecule has 3 aliphatic heterocycles. The molecule has 5 rings (SSSR count). The van der Waals surface area contributed by atoms with E-state index in [0.717, 1.165) is 0 Å². The van der Waals surface area contributed by atoms with Crippen molar-refractivity contribution in [1.29, 1.82) is 0 Å². The Kier molecular flexibility index (Phi) is 5.53. The number of hydrogen-bond donors (Lipinski definition) is 0. The highest BCUT2D eigenvalue weighted by molar-refractivity contribution is 8.23. The summed E-state index contributed by atoms with van der Waals surface area (Å²) in [6.45, 7) is 2.30. The SMILES string of the molecule is CCCCCCCCCCC1=CC23C=CSC2(S1)c1sc2ccsc2c1S3. The van der Waals surface area contributed by atoms with Crippen molar-refractivity contribution in [3.8, 4) is 0 Å². The number of rotatable bonds is 9. The van der Waals surface area contributed by atoms with Crippen molar-refractivity contribution in [1.82, 2.24) is 0 Å². The van der Waals surface area contributed by atoms with Crippen LogP contribution in [-0.4, -0.2) is 4.75 Å². The minimum atomic E-state index is 0.178. The van der Waals surface area contributed by atoms with Gasteiger partial charge in [0, 0.05) is 14.5 Å². The number of allylic oxidation sites excluding steroid dienone is 1. The predicted molar refractivity (Wildman–Crippen MR) is 130 cm³/mol. The van der Waals surface area contributed by atoms with E-state index in [1.54, 1.807) is 14.7 Å². The van der Waals surface area contributed by atoms with Crippen molar-refractivity contribution in [2.24, 2.45) is 0 Å². The van der Waals surface area contributed by atoms with Crippen LogP contribution in [-0.2, 0) is 4.08 Å². The third-order valence-corrected chi connectivity index (χ3v) is 13.5. The molecule has 0 fully saturated rings. The fourth-order valence-electron chi connectivity index (χ4n) is 4.38. The number of thioether (sulfide) groups is 3. The molecule has 144 valence electrons. The molecule has 2 aromatic rings. The maximum absolute atomic E-state index is 2.63. The molecule has 5 heterocycles. The Morgan fingerprint density at radius 3 is 2.63 bits per heavy atom. The normalized spacial score (nSPS) is 28.0. The third kappa shape index (κ3) is 3.11. The van der Waals surface area contributed by atoms with E-state index in [1.807, 2.05) is 22.7 Å². The Bertz CT molecular complexity index is 888. The highest BCUT2D eigenvalue weighted by Crippen LogP contribution is 2.78. The Balaban J connectivity index is 1.22. The van der Waals surface area contributed by atoms with E-state index in [0.29, 0.717) is 0 Å². The van der Waals surface area contributed by atoms with Gasteiger partial charge in [0.25, 0.3) is 0 Å². The van der Waals surface area contributed by atoms with Crippen LogP contribution < -0.4 is 0 Å². The molecule has 0 saturated heterocycles. The second-order valence-electron chi connectivity index (χ2n) is 7.74. The van der Waals surface area contributed by atoms with Crippen LogP contribution in [0.5, 0.6) is 0 Å². The lowest BCUT2D eigenvalue weighted by atomic mass is 10.0. The van der Waals surface area contributed by atoms with Crippen LogP contribution in [0.3, 0.4) is 0 Å². The lowest BCUT2D eigenvalue weighted by molar-refractivity contribution is 0.577. The van der Waals surface area contributed by atoms with Crippen molar-refractivity contribution in [2.45, 2.75) is 78.4 Å². The Hall–Kier alpha value is 0.190. The van der Waals surface area contributed by atoms with E-state index >= 15 is 0 Å². The summed E-state index contributed by atoms with van der Waals surface area (Å²) in [7, 11) is 0. The zero-order valence-corrected chi connectivity index (χ0v) is 19.9. The quantitative estimate of drug-likeness (QED) is 0.349. The smallest absolute Gasteiger partial charge is 0.127 e. The molecule has 0 nitrogen and oxygen atoms in total. The number of hydrogen-bond acceptors (Lipinski definition) is 5. The largest absolute Gasteiger partial charge is 0.142 e. The number of fused-ring (bicyclic) bond motifs is 3. The maximum Gasteiger partial charge on any atom is 0.127 e. The molecule has 0 aromatic carbocycles. The van der Waals surface area contributed by atoms with Gasteiger partial charge in [0.1, 0.15) is 4.08 Å². The lowest BCUT2D eigenvalue weighted by Gasteiger charge is -2.30. The van der Waals surface area contributed by atoms with Gasteiger partial charge in [0.2, 0.25) is 0 Å². The molecule has 2 aromatic heterocycles. The Morgan fingerprint density at radius 2 is 1.78 bits per heavy atom. The molecule has 0 aliphatic carbocycles. The van der Waals surface area contributed by atoms with Crippen molar-refractivity contribution in [3.05, 3.63) is 38.8 Å². The summed E-state index contributed by atoms with van der Waals surface area (Å²) in [6.07, 6.45) is 17.7. The second-order valence-corrected chi connectivity index (χ2v) is 13.7. The first-order chi connectivity index (χ1) is 13.3. The van der Waals surface area contributed by atoms with Gasteiger partial charge in [0.15, 0.2) is 0 Å². The highest BCUT2D eigenvalue weighted by Gasteiger charge is 2.64. The van der Waals surface area contributed by atoms with E-state index < -0.39 is 0 Å². The molecule has 0 saturated carbocycles. The van der Waals surface area contributed by atoms with Gasteiger partial charge in [-0.2, -0.15) is 0 Å². The van der Waals surface area contributed by atoms with Crippen molar-refractivity contribution in [3.63, 3.8) is 0 Å².